The highest BCUT2D eigenvalue weighted by atomic mass is 32.2. The second-order valence-electron chi connectivity index (χ2n) is 5.73. The minimum Gasteiger partial charge on any atom is -0.234 e. The molecule has 0 aliphatic carbocycles. The van der Waals surface area contributed by atoms with E-state index in [0.717, 1.165) is 6.07 Å². The van der Waals surface area contributed by atoms with Crippen LogP contribution in [0.25, 0.3) is 0 Å². The number of rotatable bonds is 6. The van der Waals surface area contributed by atoms with Crippen molar-refractivity contribution in [2.45, 2.75) is 44.3 Å². The van der Waals surface area contributed by atoms with E-state index in [-0.39, 0.29) is 5.56 Å². The zero-order valence-corrected chi connectivity index (χ0v) is 13.4. The van der Waals surface area contributed by atoms with Gasteiger partial charge >= 0.3 is 0 Å². The van der Waals surface area contributed by atoms with E-state index in [1.54, 1.807) is 6.08 Å². The molecule has 1 aromatic carbocycles. The predicted molar refractivity (Wildman–Crippen MR) is 84.9 cm³/mol. The number of allylic oxidation sites excluding steroid dienone is 1. The van der Waals surface area contributed by atoms with Gasteiger partial charge in [-0.1, -0.05) is 18.2 Å². The summed E-state index contributed by atoms with van der Waals surface area (Å²) in [4.78, 5) is 0. The van der Waals surface area contributed by atoms with Gasteiger partial charge in [0.05, 0.1) is 4.75 Å². The van der Waals surface area contributed by atoms with E-state index in [0.29, 0.717) is 12.8 Å². The first kappa shape index (κ1) is 17.7. The molecule has 2 atom stereocenters. The fourth-order valence-electron chi connectivity index (χ4n) is 1.70. The first-order valence-corrected chi connectivity index (χ1v) is 7.89. The van der Waals surface area contributed by atoms with Gasteiger partial charge < -0.3 is 0 Å². The molecule has 0 heterocycles. The molecule has 5 heteroatoms. The minimum absolute atomic E-state index is 0.228. The molecule has 0 spiro atoms. The molecule has 0 aromatic heterocycles. The van der Waals surface area contributed by atoms with Crippen molar-refractivity contribution in [2.75, 3.05) is 0 Å². The molecule has 0 saturated carbocycles. The van der Waals surface area contributed by atoms with E-state index in [1.807, 2.05) is 20.8 Å². The number of nitrogens with zero attached hydrogens (tertiary/aromatic N) is 1. The Morgan fingerprint density at radius 3 is 2.62 bits per heavy atom. The molecule has 0 radical (unpaired) electrons. The molecule has 0 amide bonds. The van der Waals surface area contributed by atoms with Crippen molar-refractivity contribution in [3.05, 3.63) is 48.1 Å². The van der Waals surface area contributed by atoms with Crippen molar-refractivity contribution in [3.8, 4) is 0 Å². The zero-order chi connectivity index (χ0) is 16.0. The average Bonchev–Trinajstić information content (AvgIpc) is 2.41. The summed E-state index contributed by atoms with van der Waals surface area (Å²) >= 11 is 0. The molecule has 0 fully saturated rings. The van der Waals surface area contributed by atoms with Crippen LogP contribution >= 0.6 is 0 Å². The summed E-state index contributed by atoms with van der Waals surface area (Å²) in [6, 6.07) is 4.06. The fourth-order valence-corrected chi connectivity index (χ4v) is 2.28. The molecule has 0 aliphatic heterocycles. The number of hydrogen-bond acceptors (Lipinski definition) is 1. The lowest BCUT2D eigenvalue weighted by atomic mass is 9.95. The summed E-state index contributed by atoms with van der Waals surface area (Å²) in [6.45, 7) is 9.05. The third-order valence-corrected chi connectivity index (χ3v) is 4.28. The second-order valence-corrected chi connectivity index (χ2v) is 7.67. The molecular formula is C16H21F2NOS. The highest BCUT2D eigenvalue weighted by Crippen LogP contribution is 2.25. The minimum atomic E-state index is -1.42. The number of benzene rings is 1. The Balaban J connectivity index is 3.06. The third-order valence-electron chi connectivity index (χ3n) is 2.92. The third kappa shape index (κ3) is 5.16. The van der Waals surface area contributed by atoms with E-state index in [9.17, 15) is 13.0 Å². The number of hydrogen-bond donors (Lipinski definition) is 0. The molecule has 2 nitrogen and oxygen atoms in total. The Morgan fingerprint density at radius 2 is 2.05 bits per heavy atom. The van der Waals surface area contributed by atoms with Crippen LogP contribution in [-0.2, 0) is 11.0 Å². The van der Waals surface area contributed by atoms with E-state index >= 15 is 0 Å². The summed E-state index contributed by atoms with van der Waals surface area (Å²) in [7, 11) is -1.42. The Kier molecular flexibility index (Phi) is 6.40. The SMILES string of the molecule is C=CCC[C@H](/C=N/[S@](=O)C(C)(C)C)c1cccc(F)c1F. The van der Waals surface area contributed by atoms with Crippen molar-refractivity contribution < 1.29 is 13.0 Å². The first-order valence-electron chi connectivity index (χ1n) is 6.78. The molecule has 0 aliphatic rings. The van der Waals surface area contributed by atoms with Crippen LogP contribution in [-0.4, -0.2) is 15.2 Å². The quantitative estimate of drug-likeness (QED) is 0.560. The van der Waals surface area contributed by atoms with Crippen LogP contribution in [0.2, 0.25) is 0 Å². The monoisotopic (exact) mass is 313 g/mol. The maximum absolute atomic E-state index is 13.9. The van der Waals surface area contributed by atoms with E-state index in [1.165, 1.54) is 18.3 Å². The topological polar surface area (TPSA) is 29.4 Å². The van der Waals surface area contributed by atoms with Crippen LogP contribution in [0.15, 0.2) is 35.3 Å². The first-order chi connectivity index (χ1) is 9.77. The van der Waals surface area contributed by atoms with Crippen molar-refractivity contribution in [3.63, 3.8) is 0 Å². The molecule has 0 unspecified atom stereocenters. The van der Waals surface area contributed by atoms with Crippen LogP contribution in [0.1, 0.15) is 45.1 Å². The summed E-state index contributed by atoms with van der Waals surface area (Å²) in [6.07, 6.45) is 4.34. The van der Waals surface area contributed by atoms with Crippen molar-refractivity contribution >= 4 is 17.2 Å². The van der Waals surface area contributed by atoms with Crippen molar-refractivity contribution in [1.82, 2.24) is 0 Å². The largest absolute Gasteiger partial charge is 0.234 e. The van der Waals surface area contributed by atoms with Crippen LogP contribution in [0.4, 0.5) is 8.78 Å². The second kappa shape index (κ2) is 7.59. The smallest absolute Gasteiger partial charge is 0.162 e. The number of halogens is 2. The normalized spacial score (nSPS) is 15.1. The van der Waals surface area contributed by atoms with E-state index in [4.69, 9.17) is 0 Å². The van der Waals surface area contributed by atoms with Crippen molar-refractivity contribution in [2.24, 2.45) is 4.40 Å². The summed E-state index contributed by atoms with van der Waals surface area (Å²) in [5, 5.41) is 0. The van der Waals surface area contributed by atoms with Gasteiger partial charge in [-0.15, -0.1) is 6.58 Å². The lowest BCUT2D eigenvalue weighted by Crippen LogP contribution is -2.20. The van der Waals surface area contributed by atoms with Gasteiger partial charge in [-0.2, -0.15) is 4.40 Å². The Morgan fingerprint density at radius 1 is 1.38 bits per heavy atom. The van der Waals surface area contributed by atoms with Crippen LogP contribution < -0.4 is 0 Å². The maximum Gasteiger partial charge on any atom is 0.162 e. The molecule has 0 saturated heterocycles. The summed E-state index contributed by atoms with van der Waals surface area (Å²) in [5.41, 5.74) is 0.228. The molecule has 1 rings (SSSR count). The Bertz CT molecular complexity index is 550. The van der Waals surface area contributed by atoms with Gasteiger partial charge in [-0.3, -0.25) is 0 Å². The lowest BCUT2D eigenvalue weighted by molar-refractivity contribution is 0.495. The average molecular weight is 313 g/mol. The van der Waals surface area contributed by atoms with E-state index < -0.39 is 33.3 Å². The molecule has 0 bridgehead atoms. The van der Waals surface area contributed by atoms with Gasteiger partial charge in [0, 0.05) is 12.1 Å². The molecule has 1 aromatic rings. The van der Waals surface area contributed by atoms with Gasteiger partial charge in [0.1, 0.15) is 11.0 Å². The Hall–Kier alpha value is -1.36. The van der Waals surface area contributed by atoms with Gasteiger partial charge in [-0.05, 0) is 45.2 Å². The van der Waals surface area contributed by atoms with Crippen molar-refractivity contribution in [1.29, 1.82) is 0 Å². The highest BCUT2D eigenvalue weighted by Gasteiger charge is 2.20. The predicted octanol–water partition coefficient (Wildman–Crippen LogP) is 4.55. The molecular weight excluding hydrogens is 292 g/mol. The van der Waals surface area contributed by atoms with E-state index in [2.05, 4.69) is 11.0 Å². The Labute approximate surface area is 127 Å². The summed E-state index contributed by atoms with van der Waals surface area (Å²) < 4.78 is 42.7. The van der Waals surface area contributed by atoms with Gasteiger partial charge in [0.2, 0.25) is 0 Å². The standard InChI is InChI=1S/C16H21F2NOS/c1-5-6-8-12(11-19-21(20)16(2,3)4)13-9-7-10-14(17)15(13)18/h5,7,9-12H,1,6,8H2,2-4H3/b19-11+/t12-,21-/m1/s1. The lowest BCUT2D eigenvalue weighted by Gasteiger charge is -2.16. The van der Waals surface area contributed by atoms with Gasteiger partial charge in [-0.25, -0.2) is 13.0 Å². The van der Waals surface area contributed by atoms with Crippen LogP contribution in [0, 0.1) is 11.6 Å². The molecule has 116 valence electrons. The van der Waals surface area contributed by atoms with Gasteiger partial charge in [0.15, 0.2) is 11.6 Å². The summed E-state index contributed by atoms with van der Waals surface area (Å²) in [5.74, 6) is -2.19. The molecule has 21 heavy (non-hydrogen) atoms. The fraction of sp³-hybridized carbons (Fsp3) is 0.438. The highest BCUT2D eigenvalue weighted by molar-refractivity contribution is 7.85. The van der Waals surface area contributed by atoms with Crippen LogP contribution in [0.5, 0.6) is 0 Å². The zero-order valence-electron chi connectivity index (χ0n) is 12.6. The van der Waals surface area contributed by atoms with Crippen LogP contribution in [0.3, 0.4) is 0 Å². The molecule has 0 N–H and O–H groups in total. The maximum atomic E-state index is 13.9. The van der Waals surface area contributed by atoms with Gasteiger partial charge in [0.25, 0.3) is 0 Å².